The van der Waals surface area contributed by atoms with Gasteiger partial charge in [-0.15, -0.1) is 0 Å². The molecule has 0 saturated carbocycles. The molecule has 0 aromatic heterocycles. The van der Waals surface area contributed by atoms with E-state index in [-0.39, 0.29) is 17.8 Å². The van der Waals surface area contributed by atoms with E-state index in [0.29, 0.717) is 47.5 Å². The number of benzene rings is 4. The van der Waals surface area contributed by atoms with E-state index >= 15 is 0 Å². The van der Waals surface area contributed by atoms with E-state index in [9.17, 15) is 5.11 Å². The number of hydrogen-bond donors (Lipinski definition) is 1. The van der Waals surface area contributed by atoms with Crippen molar-refractivity contribution in [3.63, 3.8) is 0 Å². The van der Waals surface area contributed by atoms with Crippen molar-refractivity contribution in [1.29, 1.82) is 0 Å². The number of phenolic OH excluding ortho intramolecular Hbond substituents is 1. The van der Waals surface area contributed by atoms with Crippen LogP contribution < -0.4 is 23.7 Å². The molecular formula is C38H42N2O6. The molecule has 8 nitrogen and oxygen atoms in total. The summed E-state index contributed by atoms with van der Waals surface area (Å²) >= 11 is 0. The first-order valence-corrected chi connectivity index (χ1v) is 16.1. The van der Waals surface area contributed by atoms with E-state index < -0.39 is 0 Å². The van der Waals surface area contributed by atoms with E-state index in [1.54, 1.807) is 20.3 Å². The van der Waals surface area contributed by atoms with Crippen molar-refractivity contribution < 1.29 is 28.8 Å². The fourth-order valence-corrected chi connectivity index (χ4v) is 7.22. The van der Waals surface area contributed by atoms with Gasteiger partial charge in [-0.2, -0.15) is 0 Å². The molecule has 46 heavy (non-hydrogen) atoms. The van der Waals surface area contributed by atoms with Crippen molar-refractivity contribution in [2.45, 2.75) is 44.7 Å². The number of methoxy groups -OCH3 is 2. The quantitative estimate of drug-likeness (QED) is 0.255. The fourth-order valence-electron chi connectivity index (χ4n) is 7.22. The largest absolute Gasteiger partial charge is 0.504 e. The normalized spacial score (nSPS) is 19.2. The molecule has 4 aromatic carbocycles. The van der Waals surface area contributed by atoms with Crippen LogP contribution in [0.4, 0.5) is 0 Å². The zero-order chi connectivity index (χ0) is 31.9. The summed E-state index contributed by atoms with van der Waals surface area (Å²) in [5.41, 5.74) is 6.96. The van der Waals surface area contributed by atoms with Gasteiger partial charge in [0.2, 0.25) is 5.75 Å². The number of rotatable bonds is 4. The van der Waals surface area contributed by atoms with Crippen LogP contribution in [0, 0.1) is 0 Å². The molecule has 0 fully saturated rings. The van der Waals surface area contributed by atoms with E-state index in [1.165, 1.54) is 16.7 Å². The maximum atomic E-state index is 10.8. The minimum Gasteiger partial charge on any atom is -0.504 e. The zero-order valence-corrected chi connectivity index (χ0v) is 27.3. The van der Waals surface area contributed by atoms with Gasteiger partial charge in [0.05, 0.1) is 20.8 Å². The fraction of sp³-hybridized carbons (Fsp3) is 0.368. The highest BCUT2D eigenvalue weighted by Gasteiger charge is 2.34. The monoisotopic (exact) mass is 622 g/mol. The van der Waals surface area contributed by atoms with Gasteiger partial charge in [-0.05, 0) is 117 Å². The summed E-state index contributed by atoms with van der Waals surface area (Å²) in [6.07, 6.45) is 3.26. The lowest BCUT2D eigenvalue weighted by atomic mass is 9.87. The third-order valence-electron chi connectivity index (χ3n) is 9.72. The van der Waals surface area contributed by atoms with Crippen LogP contribution in [-0.4, -0.2) is 62.9 Å². The van der Waals surface area contributed by atoms with Crippen molar-refractivity contribution in [3.05, 3.63) is 94.0 Å². The SMILES string of the molecule is CCOc1cc2c3cc1Oc1c(OC)c(OC)cc4c1C(Cc1ccc(O)c(c1)Oc1ccc(cc1)CC3N(C)CC2)N(C)CC4. The van der Waals surface area contributed by atoms with Gasteiger partial charge in [-0.1, -0.05) is 18.2 Å². The van der Waals surface area contributed by atoms with Crippen molar-refractivity contribution >= 4 is 0 Å². The topological polar surface area (TPSA) is 72.9 Å². The molecule has 4 aliphatic heterocycles. The van der Waals surface area contributed by atoms with Gasteiger partial charge < -0.3 is 28.8 Å². The van der Waals surface area contributed by atoms with Crippen LogP contribution >= 0.6 is 0 Å². The van der Waals surface area contributed by atoms with Gasteiger partial charge in [0.15, 0.2) is 34.5 Å². The van der Waals surface area contributed by atoms with Crippen molar-refractivity contribution in [2.75, 3.05) is 48.0 Å². The number of hydrogen-bond acceptors (Lipinski definition) is 8. The molecule has 0 radical (unpaired) electrons. The van der Waals surface area contributed by atoms with E-state index in [2.05, 4.69) is 54.2 Å². The molecule has 4 heterocycles. The molecule has 240 valence electrons. The molecule has 2 unspecified atom stereocenters. The second-order valence-electron chi connectivity index (χ2n) is 12.5. The number of phenols is 1. The highest BCUT2D eigenvalue weighted by molar-refractivity contribution is 5.64. The van der Waals surface area contributed by atoms with Gasteiger partial charge in [0.1, 0.15) is 5.75 Å². The molecular weight excluding hydrogens is 580 g/mol. The van der Waals surface area contributed by atoms with Crippen molar-refractivity contribution in [1.82, 2.24) is 9.80 Å². The molecule has 8 heteroatoms. The average Bonchev–Trinajstić information content (AvgIpc) is 3.06. The summed E-state index contributed by atoms with van der Waals surface area (Å²) in [5, 5.41) is 10.8. The highest BCUT2D eigenvalue weighted by atomic mass is 16.5. The Kier molecular flexibility index (Phi) is 8.17. The summed E-state index contributed by atoms with van der Waals surface area (Å²) in [7, 11) is 7.66. The molecule has 0 amide bonds. The maximum absolute atomic E-state index is 10.8. The summed E-state index contributed by atoms with van der Waals surface area (Å²) in [5.74, 6) is 4.45. The van der Waals surface area contributed by atoms with Gasteiger partial charge in [-0.25, -0.2) is 0 Å². The second kappa shape index (κ2) is 12.4. The van der Waals surface area contributed by atoms with Gasteiger partial charge >= 0.3 is 0 Å². The standard InChI is InChI=1S/C38H42N2O6/c1-6-44-33-20-25-13-15-39(2)29-17-23-7-10-27(11-8-23)45-32-19-24(9-12-31(32)41)18-30-36-26(14-16-40(30)3)21-35(42-4)37(43-5)38(36)46-34(33)22-28(25)29/h7-12,19-22,29-30,41H,6,13-18H2,1-5H3. The predicted octanol–water partition coefficient (Wildman–Crippen LogP) is 7.25. The number of nitrogens with zero attached hydrogens (tertiary/aromatic N) is 2. The lowest BCUT2D eigenvalue weighted by molar-refractivity contribution is 0.219. The van der Waals surface area contributed by atoms with E-state index in [1.807, 2.05) is 31.2 Å². The van der Waals surface area contributed by atoms with Gasteiger partial charge in [0, 0.05) is 30.7 Å². The summed E-state index contributed by atoms with van der Waals surface area (Å²) in [6, 6.07) is 20.3. The molecule has 0 spiro atoms. The lowest BCUT2D eigenvalue weighted by Gasteiger charge is -2.37. The van der Waals surface area contributed by atoms with Crippen molar-refractivity contribution in [3.8, 4) is 46.0 Å². The average molecular weight is 623 g/mol. The summed E-state index contributed by atoms with van der Waals surface area (Å²) in [6.45, 7) is 4.35. The Bertz CT molecular complexity index is 1750. The van der Waals surface area contributed by atoms with E-state index in [0.717, 1.165) is 54.8 Å². The van der Waals surface area contributed by atoms with Crippen LogP contribution in [0.1, 0.15) is 52.4 Å². The Morgan fingerprint density at radius 2 is 1.46 bits per heavy atom. The van der Waals surface area contributed by atoms with Crippen LogP contribution in [0.2, 0.25) is 0 Å². The minimum absolute atomic E-state index is 0.0406. The maximum Gasteiger partial charge on any atom is 0.204 e. The Morgan fingerprint density at radius 1 is 0.761 bits per heavy atom. The molecule has 0 aliphatic carbocycles. The first-order valence-electron chi connectivity index (χ1n) is 16.1. The predicted molar refractivity (Wildman–Crippen MR) is 177 cm³/mol. The lowest BCUT2D eigenvalue weighted by Crippen LogP contribution is -2.34. The number of ether oxygens (including phenoxy) is 5. The molecule has 6 bridgehead atoms. The third-order valence-corrected chi connectivity index (χ3v) is 9.72. The Labute approximate surface area is 271 Å². The van der Waals surface area contributed by atoms with Crippen molar-refractivity contribution in [2.24, 2.45) is 0 Å². The molecule has 8 rings (SSSR count). The first kappa shape index (κ1) is 30.3. The zero-order valence-electron chi connectivity index (χ0n) is 27.3. The van der Waals surface area contributed by atoms with Gasteiger partial charge in [-0.3, -0.25) is 9.80 Å². The van der Waals surface area contributed by atoms with Crippen LogP contribution in [0.25, 0.3) is 0 Å². The number of fused-ring (bicyclic) bond motifs is 2. The smallest absolute Gasteiger partial charge is 0.204 e. The second-order valence-corrected chi connectivity index (χ2v) is 12.5. The number of aromatic hydroxyl groups is 1. The Balaban J connectivity index is 1.47. The molecule has 2 atom stereocenters. The van der Waals surface area contributed by atoms with Gasteiger partial charge in [0.25, 0.3) is 0 Å². The Hall–Kier alpha value is -4.40. The molecule has 4 aromatic rings. The summed E-state index contributed by atoms with van der Waals surface area (Å²) in [4.78, 5) is 4.77. The van der Waals surface area contributed by atoms with Crippen LogP contribution in [0.15, 0.2) is 60.7 Å². The highest BCUT2D eigenvalue weighted by Crippen LogP contribution is 2.52. The summed E-state index contributed by atoms with van der Waals surface area (Å²) < 4.78 is 31.5. The minimum atomic E-state index is -0.0406. The van der Waals surface area contributed by atoms with Crippen LogP contribution in [-0.2, 0) is 25.7 Å². The first-order chi connectivity index (χ1) is 22.4. The Morgan fingerprint density at radius 3 is 2.20 bits per heavy atom. The van der Waals surface area contributed by atoms with Crippen LogP contribution in [0.5, 0.6) is 46.0 Å². The molecule has 0 saturated heterocycles. The number of likely N-dealkylation sites (N-methyl/N-ethyl adjacent to an activating group) is 2. The molecule has 1 N–H and O–H groups in total. The third kappa shape index (κ3) is 5.50. The van der Waals surface area contributed by atoms with E-state index in [4.69, 9.17) is 23.7 Å². The van der Waals surface area contributed by atoms with Crippen LogP contribution in [0.3, 0.4) is 0 Å². The molecule has 4 aliphatic rings.